The smallest absolute Gasteiger partial charge is 0.261 e. The molecule has 1 saturated heterocycles. The maximum atomic E-state index is 12.5. The lowest BCUT2D eigenvalue weighted by Crippen LogP contribution is -2.31. The molecule has 0 aliphatic carbocycles. The highest BCUT2D eigenvalue weighted by molar-refractivity contribution is 7.92. The van der Waals surface area contributed by atoms with E-state index in [1.807, 2.05) is 0 Å². The van der Waals surface area contributed by atoms with Crippen molar-refractivity contribution < 1.29 is 22.7 Å². The van der Waals surface area contributed by atoms with Crippen LogP contribution in [-0.4, -0.2) is 40.7 Å². The lowest BCUT2D eigenvalue weighted by atomic mass is 10.2. The average molecular weight is 390 g/mol. The summed E-state index contributed by atoms with van der Waals surface area (Å²) in [4.78, 5) is 12.2. The fourth-order valence-corrected chi connectivity index (χ4v) is 3.83. The maximum absolute atomic E-state index is 12.5. The second-order valence-corrected chi connectivity index (χ2v) is 7.89. The van der Waals surface area contributed by atoms with Gasteiger partial charge < -0.3 is 14.8 Å². The van der Waals surface area contributed by atoms with Crippen molar-refractivity contribution in [1.29, 1.82) is 0 Å². The Balaban J connectivity index is 1.63. The van der Waals surface area contributed by atoms with Gasteiger partial charge in [-0.1, -0.05) is 0 Å². The van der Waals surface area contributed by atoms with Crippen molar-refractivity contribution in [2.45, 2.75) is 23.8 Å². The van der Waals surface area contributed by atoms with Crippen molar-refractivity contribution in [3.8, 4) is 5.75 Å². The van der Waals surface area contributed by atoms with Crippen molar-refractivity contribution in [2.24, 2.45) is 0 Å². The highest BCUT2D eigenvalue weighted by Crippen LogP contribution is 2.19. The van der Waals surface area contributed by atoms with Gasteiger partial charge in [0.05, 0.1) is 18.1 Å². The zero-order valence-electron chi connectivity index (χ0n) is 15.0. The Morgan fingerprint density at radius 3 is 2.44 bits per heavy atom. The van der Waals surface area contributed by atoms with Crippen molar-refractivity contribution in [3.05, 3.63) is 54.1 Å². The molecular weight excluding hydrogens is 368 g/mol. The molecule has 0 aromatic heterocycles. The average Bonchev–Trinajstić information content (AvgIpc) is 3.20. The summed E-state index contributed by atoms with van der Waals surface area (Å²) in [6, 6.07) is 12.4. The maximum Gasteiger partial charge on any atom is 0.261 e. The van der Waals surface area contributed by atoms with E-state index >= 15 is 0 Å². The number of hydrogen-bond acceptors (Lipinski definition) is 5. The van der Waals surface area contributed by atoms with Crippen LogP contribution in [0.1, 0.15) is 23.2 Å². The third-order valence-corrected chi connectivity index (χ3v) is 5.68. The van der Waals surface area contributed by atoms with Crippen LogP contribution in [-0.2, 0) is 14.8 Å². The molecule has 8 heteroatoms. The predicted molar refractivity (Wildman–Crippen MR) is 102 cm³/mol. The molecule has 2 aromatic carbocycles. The van der Waals surface area contributed by atoms with Crippen LogP contribution in [0.4, 0.5) is 5.69 Å². The van der Waals surface area contributed by atoms with Gasteiger partial charge in [-0.15, -0.1) is 0 Å². The number of rotatable bonds is 7. The lowest BCUT2D eigenvalue weighted by molar-refractivity contribution is 0.0857. The van der Waals surface area contributed by atoms with Crippen LogP contribution >= 0.6 is 0 Å². The van der Waals surface area contributed by atoms with Gasteiger partial charge in [0.25, 0.3) is 15.9 Å². The zero-order valence-corrected chi connectivity index (χ0v) is 15.8. The van der Waals surface area contributed by atoms with Gasteiger partial charge in [0.15, 0.2) is 0 Å². The molecule has 1 amide bonds. The monoisotopic (exact) mass is 390 g/mol. The molecule has 144 valence electrons. The summed E-state index contributed by atoms with van der Waals surface area (Å²) >= 11 is 0. The van der Waals surface area contributed by atoms with Gasteiger partial charge in [0.1, 0.15) is 5.75 Å². The molecule has 1 aliphatic rings. The number of methoxy groups -OCH3 is 1. The first kappa shape index (κ1) is 19.2. The minimum atomic E-state index is -3.74. The summed E-state index contributed by atoms with van der Waals surface area (Å²) < 4.78 is 38.0. The normalized spacial score (nSPS) is 16.7. The van der Waals surface area contributed by atoms with Crippen LogP contribution in [0.2, 0.25) is 0 Å². The standard InChI is InChI=1S/C19H22N2O5S/c1-25-16-8-6-15(7-9-16)21-27(23,24)18-10-4-14(5-11-18)19(22)20-13-17-3-2-12-26-17/h4-11,17,21H,2-3,12-13H2,1H3,(H,20,22). The number of sulfonamides is 1. The summed E-state index contributed by atoms with van der Waals surface area (Å²) in [6.07, 6.45) is 2.00. The number of ether oxygens (including phenoxy) is 2. The number of benzene rings is 2. The van der Waals surface area contributed by atoms with E-state index in [1.54, 1.807) is 24.3 Å². The van der Waals surface area contributed by atoms with E-state index < -0.39 is 10.0 Å². The molecular formula is C19H22N2O5S. The number of hydrogen-bond donors (Lipinski definition) is 2. The fourth-order valence-electron chi connectivity index (χ4n) is 2.77. The van der Waals surface area contributed by atoms with E-state index in [0.29, 0.717) is 23.5 Å². The molecule has 0 radical (unpaired) electrons. The van der Waals surface area contributed by atoms with Crippen LogP contribution in [0, 0.1) is 0 Å². The quantitative estimate of drug-likeness (QED) is 0.757. The summed E-state index contributed by atoms with van der Waals surface area (Å²) in [6.45, 7) is 1.19. The van der Waals surface area contributed by atoms with Crippen LogP contribution in [0.5, 0.6) is 5.75 Å². The van der Waals surface area contributed by atoms with E-state index in [4.69, 9.17) is 9.47 Å². The van der Waals surface area contributed by atoms with E-state index in [1.165, 1.54) is 31.4 Å². The van der Waals surface area contributed by atoms with Crippen LogP contribution in [0.15, 0.2) is 53.4 Å². The van der Waals surface area contributed by atoms with Crippen LogP contribution < -0.4 is 14.8 Å². The van der Waals surface area contributed by atoms with E-state index in [0.717, 1.165) is 19.4 Å². The molecule has 7 nitrogen and oxygen atoms in total. The number of carbonyl (C=O) groups is 1. The van der Waals surface area contributed by atoms with Crippen LogP contribution in [0.3, 0.4) is 0 Å². The van der Waals surface area contributed by atoms with Crippen molar-refractivity contribution in [1.82, 2.24) is 5.32 Å². The van der Waals surface area contributed by atoms with E-state index in [2.05, 4.69) is 10.0 Å². The van der Waals surface area contributed by atoms with Gasteiger partial charge in [-0.3, -0.25) is 9.52 Å². The van der Waals surface area contributed by atoms with Crippen LogP contribution in [0.25, 0.3) is 0 Å². The largest absolute Gasteiger partial charge is 0.497 e. The van der Waals surface area contributed by atoms with Crippen molar-refractivity contribution in [3.63, 3.8) is 0 Å². The summed E-state index contributed by atoms with van der Waals surface area (Å²) in [5.74, 6) is 0.383. The van der Waals surface area contributed by atoms with Crippen molar-refractivity contribution >= 4 is 21.6 Å². The zero-order chi connectivity index (χ0) is 19.3. The highest BCUT2D eigenvalue weighted by Gasteiger charge is 2.18. The molecule has 1 aliphatic heterocycles. The summed E-state index contributed by atoms with van der Waals surface area (Å²) in [7, 11) is -2.20. The number of carbonyl (C=O) groups excluding carboxylic acids is 1. The van der Waals surface area contributed by atoms with Gasteiger partial charge >= 0.3 is 0 Å². The molecule has 0 spiro atoms. The molecule has 2 N–H and O–H groups in total. The topological polar surface area (TPSA) is 93.7 Å². The number of nitrogens with one attached hydrogen (secondary N) is 2. The summed E-state index contributed by atoms with van der Waals surface area (Å²) in [5, 5.41) is 2.81. The Morgan fingerprint density at radius 1 is 1.15 bits per heavy atom. The van der Waals surface area contributed by atoms with E-state index in [-0.39, 0.29) is 16.9 Å². The number of anilines is 1. The van der Waals surface area contributed by atoms with Gasteiger partial charge in [-0.2, -0.15) is 0 Å². The molecule has 1 heterocycles. The second kappa shape index (κ2) is 8.41. The van der Waals surface area contributed by atoms with Crippen molar-refractivity contribution in [2.75, 3.05) is 25.0 Å². The van der Waals surface area contributed by atoms with E-state index in [9.17, 15) is 13.2 Å². The molecule has 1 unspecified atom stereocenters. The fraction of sp³-hybridized carbons (Fsp3) is 0.316. The third-order valence-electron chi connectivity index (χ3n) is 4.28. The predicted octanol–water partition coefficient (Wildman–Crippen LogP) is 2.40. The first-order valence-corrected chi connectivity index (χ1v) is 10.1. The first-order chi connectivity index (χ1) is 13.0. The molecule has 3 rings (SSSR count). The van der Waals surface area contributed by atoms with Gasteiger partial charge in [-0.05, 0) is 61.4 Å². The van der Waals surface area contributed by atoms with Gasteiger partial charge in [-0.25, -0.2) is 8.42 Å². The summed E-state index contributed by atoms with van der Waals surface area (Å²) in [5.41, 5.74) is 0.825. The Morgan fingerprint density at radius 2 is 1.85 bits per heavy atom. The Hall–Kier alpha value is -2.58. The second-order valence-electron chi connectivity index (χ2n) is 6.20. The Kier molecular flexibility index (Phi) is 5.98. The molecule has 0 bridgehead atoms. The minimum Gasteiger partial charge on any atom is -0.497 e. The Bertz CT molecular complexity index is 873. The van der Waals surface area contributed by atoms with Gasteiger partial charge in [0, 0.05) is 24.4 Å². The molecule has 27 heavy (non-hydrogen) atoms. The molecule has 1 fully saturated rings. The molecule has 0 saturated carbocycles. The highest BCUT2D eigenvalue weighted by atomic mass is 32.2. The minimum absolute atomic E-state index is 0.0577. The SMILES string of the molecule is COc1ccc(NS(=O)(=O)c2ccc(C(=O)NCC3CCCO3)cc2)cc1. The third kappa shape index (κ3) is 4.99. The first-order valence-electron chi connectivity index (χ1n) is 8.65. The Labute approximate surface area is 158 Å². The number of amides is 1. The van der Waals surface area contributed by atoms with Gasteiger partial charge in [0.2, 0.25) is 0 Å². The lowest BCUT2D eigenvalue weighted by Gasteiger charge is -2.11. The molecule has 2 aromatic rings. The molecule has 1 atom stereocenters.